The lowest BCUT2D eigenvalue weighted by atomic mass is 10.1. The second-order valence-electron chi connectivity index (χ2n) is 7.29. The van der Waals surface area contributed by atoms with Crippen molar-refractivity contribution in [3.05, 3.63) is 46.7 Å². The summed E-state index contributed by atoms with van der Waals surface area (Å²) >= 11 is 1.81. The van der Waals surface area contributed by atoms with Gasteiger partial charge < -0.3 is 20.3 Å². The summed E-state index contributed by atoms with van der Waals surface area (Å²) < 4.78 is 5.52. The minimum absolute atomic E-state index is 0. The first-order valence-electron chi connectivity index (χ1n) is 10.1. The first-order valence-corrected chi connectivity index (χ1v) is 11.0. The highest BCUT2D eigenvalue weighted by Crippen LogP contribution is 2.31. The zero-order chi connectivity index (χ0) is 19.8. The Morgan fingerprint density at radius 3 is 2.83 bits per heavy atom. The summed E-state index contributed by atoms with van der Waals surface area (Å²) in [6.45, 7) is 9.06. The molecule has 0 spiro atoms. The van der Waals surface area contributed by atoms with Gasteiger partial charge in [0.2, 0.25) is 0 Å². The highest BCUT2D eigenvalue weighted by molar-refractivity contribution is 14.0. The highest BCUT2D eigenvalue weighted by Gasteiger charge is 2.24. The number of para-hydroxylation sites is 2. The highest BCUT2D eigenvalue weighted by atomic mass is 127. The summed E-state index contributed by atoms with van der Waals surface area (Å²) in [5, 5.41) is 9.06. The second-order valence-corrected chi connectivity index (χ2v) is 8.27. The summed E-state index contributed by atoms with van der Waals surface area (Å²) in [6, 6.07) is 12.6. The maximum Gasteiger partial charge on any atom is 0.191 e. The van der Waals surface area contributed by atoms with Gasteiger partial charge in [0, 0.05) is 37.0 Å². The number of ether oxygens (including phenoxy) is 1. The van der Waals surface area contributed by atoms with Gasteiger partial charge in [0.1, 0.15) is 5.75 Å². The van der Waals surface area contributed by atoms with Gasteiger partial charge in [0.25, 0.3) is 0 Å². The number of halogens is 1. The van der Waals surface area contributed by atoms with Gasteiger partial charge in [-0.15, -0.1) is 35.3 Å². The van der Waals surface area contributed by atoms with E-state index in [0.717, 1.165) is 44.4 Å². The van der Waals surface area contributed by atoms with Crippen molar-refractivity contribution in [2.75, 3.05) is 44.7 Å². The third kappa shape index (κ3) is 6.77. The molecule has 5 nitrogen and oxygen atoms in total. The van der Waals surface area contributed by atoms with E-state index in [4.69, 9.17) is 9.73 Å². The molecule has 2 N–H and O–H groups in total. The summed E-state index contributed by atoms with van der Waals surface area (Å²) in [4.78, 5) is 8.62. The molecular weight excluding hydrogens is 495 g/mol. The predicted octanol–water partition coefficient (Wildman–Crippen LogP) is 4.56. The molecule has 0 radical (unpaired) electrons. The first-order chi connectivity index (χ1) is 13.7. The summed E-state index contributed by atoms with van der Waals surface area (Å²) in [7, 11) is 1.74. The average molecular weight is 529 g/mol. The number of hydrogen-bond donors (Lipinski definition) is 2. The maximum absolute atomic E-state index is 5.52. The SMILES string of the molecule is CCNC(=NCC(C)c1cccs1)NCC1CCN(c2ccccc2OC)C1.I. The Kier molecular flexibility index (Phi) is 10.1. The van der Waals surface area contributed by atoms with Gasteiger partial charge in [-0.2, -0.15) is 0 Å². The molecule has 1 fully saturated rings. The standard InChI is InChI=1S/C22H32N4OS.HI/c1-4-23-22(24-14-17(2)21-10-7-13-28-21)25-15-18-11-12-26(16-18)19-8-5-6-9-20(19)27-3;/h5-10,13,17-18H,4,11-12,14-16H2,1-3H3,(H2,23,24,25);1H. The van der Waals surface area contributed by atoms with E-state index in [1.165, 1.54) is 17.0 Å². The van der Waals surface area contributed by atoms with Crippen LogP contribution in [-0.4, -0.2) is 45.8 Å². The van der Waals surface area contributed by atoms with E-state index in [1.807, 2.05) is 12.1 Å². The van der Waals surface area contributed by atoms with E-state index in [2.05, 4.69) is 59.0 Å². The van der Waals surface area contributed by atoms with Gasteiger partial charge in [-0.3, -0.25) is 4.99 Å². The molecule has 1 saturated heterocycles. The van der Waals surface area contributed by atoms with Crippen molar-refractivity contribution in [3.63, 3.8) is 0 Å². The summed E-state index contributed by atoms with van der Waals surface area (Å²) in [5.74, 6) is 2.92. The largest absolute Gasteiger partial charge is 0.495 e. The number of thiophene rings is 1. The first kappa shape index (κ1) is 23.8. The fraction of sp³-hybridized carbons (Fsp3) is 0.500. The maximum atomic E-state index is 5.52. The average Bonchev–Trinajstić information content (AvgIpc) is 3.42. The molecule has 0 saturated carbocycles. The molecule has 7 heteroatoms. The molecule has 160 valence electrons. The van der Waals surface area contributed by atoms with Gasteiger partial charge in [-0.05, 0) is 42.8 Å². The Labute approximate surface area is 196 Å². The van der Waals surface area contributed by atoms with E-state index < -0.39 is 0 Å². The van der Waals surface area contributed by atoms with Crippen molar-refractivity contribution < 1.29 is 4.74 Å². The number of anilines is 1. The quantitative estimate of drug-likeness (QED) is 0.300. The molecule has 1 aromatic carbocycles. The molecule has 2 aromatic rings. The van der Waals surface area contributed by atoms with Crippen LogP contribution in [0, 0.1) is 5.92 Å². The van der Waals surface area contributed by atoms with Crippen LogP contribution >= 0.6 is 35.3 Å². The van der Waals surface area contributed by atoms with Gasteiger partial charge in [0.05, 0.1) is 19.3 Å². The normalized spacial score (nSPS) is 17.6. The Bertz CT molecular complexity index is 753. The molecule has 3 rings (SSSR count). The number of methoxy groups -OCH3 is 1. The third-order valence-corrected chi connectivity index (χ3v) is 6.27. The Morgan fingerprint density at radius 1 is 1.28 bits per heavy atom. The minimum Gasteiger partial charge on any atom is -0.495 e. The molecular formula is C22H33IN4OS. The summed E-state index contributed by atoms with van der Waals surface area (Å²) in [5.41, 5.74) is 1.19. The van der Waals surface area contributed by atoms with Crippen molar-refractivity contribution in [3.8, 4) is 5.75 Å². The lowest BCUT2D eigenvalue weighted by molar-refractivity contribution is 0.414. The van der Waals surface area contributed by atoms with Crippen LogP contribution < -0.4 is 20.3 Å². The van der Waals surface area contributed by atoms with Gasteiger partial charge in [-0.25, -0.2) is 0 Å². The molecule has 2 heterocycles. The number of nitrogens with zero attached hydrogens (tertiary/aromatic N) is 2. The predicted molar refractivity (Wildman–Crippen MR) is 135 cm³/mol. The van der Waals surface area contributed by atoms with Crippen molar-refractivity contribution in [2.24, 2.45) is 10.9 Å². The number of benzene rings is 1. The van der Waals surface area contributed by atoms with Crippen molar-refractivity contribution in [2.45, 2.75) is 26.2 Å². The van der Waals surface area contributed by atoms with Crippen LogP contribution in [0.15, 0.2) is 46.8 Å². The Balaban J connectivity index is 0.00000300. The molecule has 2 atom stereocenters. The van der Waals surface area contributed by atoms with Crippen LogP contribution in [0.3, 0.4) is 0 Å². The van der Waals surface area contributed by atoms with Crippen LogP contribution in [0.2, 0.25) is 0 Å². The monoisotopic (exact) mass is 528 g/mol. The minimum atomic E-state index is 0. The number of nitrogens with one attached hydrogen (secondary N) is 2. The lowest BCUT2D eigenvalue weighted by Crippen LogP contribution is -2.40. The van der Waals surface area contributed by atoms with Crippen LogP contribution in [0.5, 0.6) is 5.75 Å². The van der Waals surface area contributed by atoms with E-state index in [0.29, 0.717) is 11.8 Å². The smallest absolute Gasteiger partial charge is 0.191 e. The Hall–Kier alpha value is -1.48. The molecule has 1 aliphatic heterocycles. The van der Waals surface area contributed by atoms with Crippen LogP contribution in [0.25, 0.3) is 0 Å². The lowest BCUT2D eigenvalue weighted by Gasteiger charge is -2.21. The van der Waals surface area contributed by atoms with E-state index in [-0.39, 0.29) is 24.0 Å². The fourth-order valence-corrected chi connectivity index (χ4v) is 4.36. The fourth-order valence-electron chi connectivity index (χ4n) is 3.58. The molecule has 1 aromatic heterocycles. The summed E-state index contributed by atoms with van der Waals surface area (Å²) in [6.07, 6.45) is 1.18. The molecule has 0 amide bonds. The van der Waals surface area contributed by atoms with Crippen LogP contribution in [0.1, 0.15) is 31.1 Å². The molecule has 0 bridgehead atoms. The molecule has 2 unspecified atom stereocenters. The number of hydrogen-bond acceptors (Lipinski definition) is 4. The molecule has 1 aliphatic rings. The molecule has 29 heavy (non-hydrogen) atoms. The number of aliphatic imine (C=N–C) groups is 1. The number of guanidine groups is 1. The Morgan fingerprint density at radius 2 is 2.10 bits per heavy atom. The van der Waals surface area contributed by atoms with Crippen LogP contribution in [-0.2, 0) is 0 Å². The number of rotatable bonds is 8. The van der Waals surface area contributed by atoms with Gasteiger partial charge >= 0.3 is 0 Å². The van der Waals surface area contributed by atoms with Crippen molar-refractivity contribution in [1.29, 1.82) is 0 Å². The zero-order valence-corrected chi connectivity index (χ0v) is 20.7. The van der Waals surface area contributed by atoms with E-state index in [1.54, 1.807) is 18.4 Å². The molecule has 0 aliphatic carbocycles. The van der Waals surface area contributed by atoms with Crippen molar-refractivity contribution >= 4 is 47.0 Å². The zero-order valence-electron chi connectivity index (χ0n) is 17.6. The van der Waals surface area contributed by atoms with E-state index in [9.17, 15) is 0 Å². The topological polar surface area (TPSA) is 48.9 Å². The van der Waals surface area contributed by atoms with Gasteiger partial charge in [-0.1, -0.05) is 25.1 Å². The van der Waals surface area contributed by atoms with Crippen LogP contribution in [0.4, 0.5) is 5.69 Å². The van der Waals surface area contributed by atoms with Crippen molar-refractivity contribution in [1.82, 2.24) is 10.6 Å². The van der Waals surface area contributed by atoms with E-state index >= 15 is 0 Å². The van der Waals surface area contributed by atoms with Gasteiger partial charge in [0.15, 0.2) is 5.96 Å². The third-order valence-electron chi connectivity index (χ3n) is 5.17. The second kappa shape index (κ2) is 12.3.